The van der Waals surface area contributed by atoms with Gasteiger partial charge in [0.2, 0.25) is 10.0 Å². The SMILES string of the molecule is CCc1cc2c(cc1F)c(C(N)=O)c(-c1ccc(NS(=O)(=O)C(C)(C)C)nc1)n2[C@H](C)C1CC1. The van der Waals surface area contributed by atoms with Crippen LogP contribution in [0.2, 0.25) is 0 Å². The van der Waals surface area contributed by atoms with Gasteiger partial charge < -0.3 is 10.3 Å². The van der Waals surface area contributed by atoms with E-state index in [-0.39, 0.29) is 23.2 Å². The van der Waals surface area contributed by atoms with Crippen LogP contribution in [-0.2, 0) is 16.4 Å². The normalized spacial score (nSPS) is 15.5. The molecule has 1 amide bonds. The fourth-order valence-electron chi connectivity index (χ4n) is 4.27. The zero-order valence-corrected chi connectivity index (χ0v) is 21.0. The minimum absolute atomic E-state index is 0.0693. The molecule has 2 aromatic heterocycles. The van der Waals surface area contributed by atoms with Crippen LogP contribution in [0.3, 0.4) is 0 Å². The van der Waals surface area contributed by atoms with E-state index in [1.54, 1.807) is 39.0 Å². The molecule has 0 saturated heterocycles. The number of halogens is 1. The minimum atomic E-state index is -3.64. The number of hydrogen-bond acceptors (Lipinski definition) is 4. The predicted molar refractivity (Wildman–Crippen MR) is 133 cm³/mol. The van der Waals surface area contributed by atoms with Crippen LogP contribution in [0.25, 0.3) is 22.2 Å². The Bertz CT molecular complexity index is 1370. The highest BCUT2D eigenvalue weighted by molar-refractivity contribution is 7.94. The molecule has 0 spiro atoms. The van der Waals surface area contributed by atoms with E-state index >= 15 is 0 Å². The predicted octanol–water partition coefficient (Wildman–Crippen LogP) is 5.01. The first-order valence-corrected chi connectivity index (χ1v) is 13.0. The van der Waals surface area contributed by atoms with Crippen molar-refractivity contribution in [3.8, 4) is 11.3 Å². The van der Waals surface area contributed by atoms with Crippen molar-refractivity contribution in [2.24, 2.45) is 11.7 Å². The molecule has 4 rings (SSSR count). The first-order chi connectivity index (χ1) is 15.9. The Kier molecular flexibility index (Phi) is 5.96. The van der Waals surface area contributed by atoms with Gasteiger partial charge in [0.1, 0.15) is 11.6 Å². The van der Waals surface area contributed by atoms with Crippen molar-refractivity contribution < 1.29 is 17.6 Å². The molecule has 2 heterocycles. The van der Waals surface area contributed by atoms with Crippen LogP contribution in [0.15, 0.2) is 30.5 Å². The molecule has 0 bridgehead atoms. The Morgan fingerprint density at radius 3 is 2.47 bits per heavy atom. The van der Waals surface area contributed by atoms with Gasteiger partial charge >= 0.3 is 0 Å². The highest BCUT2D eigenvalue weighted by Gasteiger charge is 2.34. The van der Waals surface area contributed by atoms with E-state index in [4.69, 9.17) is 5.73 Å². The summed E-state index contributed by atoms with van der Waals surface area (Å²) >= 11 is 0. The first-order valence-electron chi connectivity index (χ1n) is 11.5. The molecule has 3 N–H and O–H groups in total. The van der Waals surface area contributed by atoms with Gasteiger partial charge in [0.25, 0.3) is 5.91 Å². The molecule has 1 aliphatic rings. The number of amides is 1. The van der Waals surface area contributed by atoms with Crippen molar-refractivity contribution in [1.29, 1.82) is 0 Å². The lowest BCUT2D eigenvalue weighted by atomic mass is 10.0. The van der Waals surface area contributed by atoms with E-state index in [9.17, 15) is 17.6 Å². The van der Waals surface area contributed by atoms with Gasteiger partial charge in [-0.15, -0.1) is 0 Å². The number of aryl methyl sites for hydroxylation is 1. The van der Waals surface area contributed by atoms with Gasteiger partial charge in [0, 0.05) is 23.2 Å². The lowest BCUT2D eigenvalue weighted by molar-refractivity contribution is 0.100. The maximum absolute atomic E-state index is 14.7. The molecule has 3 aromatic rings. The summed E-state index contributed by atoms with van der Waals surface area (Å²) in [6.07, 6.45) is 4.21. The Balaban J connectivity index is 1.92. The lowest BCUT2D eigenvalue weighted by Crippen LogP contribution is -2.33. The monoisotopic (exact) mass is 486 g/mol. The van der Waals surface area contributed by atoms with Crippen molar-refractivity contribution in [1.82, 2.24) is 9.55 Å². The molecule has 1 aromatic carbocycles. The van der Waals surface area contributed by atoms with E-state index in [1.807, 2.05) is 6.92 Å². The summed E-state index contributed by atoms with van der Waals surface area (Å²) in [5, 5.41) is 0.474. The number of nitrogens with zero attached hydrogens (tertiary/aromatic N) is 2. The van der Waals surface area contributed by atoms with E-state index in [0.717, 1.165) is 18.4 Å². The third kappa shape index (κ3) is 4.17. The standard InChI is InChI=1S/C25H31FN4O3S/c1-6-15-11-20-18(12-19(15)26)22(24(27)31)23(30(20)14(2)16-7-8-16)17-9-10-21(28-13-17)29-34(32,33)25(3,4)5/h9-14,16H,6-8H2,1-5H3,(H2,27,31)(H,28,29)/t14-/m1/s1. The number of primary amides is 1. The Morgan fingerprint density at radius 1 is 1.29 bits per heavy atom. The van der Waals surface area contributed by atoms with Crippen LogP contribution in [0.4, 0.5) is 10.2 Å². The molecule has 1 fully saturated rings. The van der Waals surface area contributed by atoms with Crippen molar-refractivity contribution in [2.75, 3.05) is 4.72 Å². The maximum Gasteiger partial charge on any atom is 0.251 e. The fourth-order valence-corrected chi connectivity index (χ4v) is 4.98. The van der Waals surface area contributed by atoms with Crippen LogP contribution >= 0.6 is 0 Å². The van der Waals surface area contributed by atoms with Gasteiger partial charge in [0.05, 0.1) is 21.5 Å². The lowest BCUT2D eigenvalue weighted by Gasteiger charge is -2.21. The summed E-state index contributed by atoms with van der Waals surface area (Å²) < 4.78 is 43.3. The number of sulfonamides is 1. The summed E-state index contributed by atoms with van der Waals surface area (Å²) in [5.74, 6) is -0.388. The Labute approximate surface area is 199 Å². The van der Waals surface area contributed by atoms with Gasteiger partial charge in [-0.05, 0) is 82.7 Å². The summed E-state index contributed by atoms with van der Waals surface area (Å²) in [5.41, 5.74) is 8.58. The van der Waals surface area contributed by atoms with E-state index < -0.39 is 20.7 Å². The first kappa shape index (κ1) is 24.2. The number of anilines is 1. The summed E-state index contributed by atoms with van der Waals surface area (Å²) in [4.78, 5) is 16.9. The van der Waals surface area contributed by atoms with Crippen LogP contribution in [0.1, 0.15) is 69.4 Å². The van der Waals surface area contributed by atoms with Gasteiger partial charge in [0.15, 0.2) is 0 Å². The summed E-state index contributed by atoms with van der Waals surface area (Å²) in [6.45, 7) is 8.79. The third-order valence-electron chi connectivity index (χ3n) is 6.59. The molecule has 1 atom stereocenters. The third-order valence-corrected chi connectivity index (χ3v) is 8.68. The molecule has 182 valence electrons. The fraction of sp³-hybridized carbons (Fsp3) is 0.440. The minimum Gasteiger partial charge on any atom is -0.366 e. The van der Waals surface area contributed by atoms with Gasteiger partial charge in [-0.1, -0.05) is 6.92 Å². The molecule has 0 aliphatic heterocycles. The average molecular weight is 487 g/mol. The van der Waals surface area contributed by atoms with Crippen LogP contribution in [0, 0.1) is 11.7 Å². The highest BCUT2D eigenvalue weighted by Crippen LogP contribution is 2.45. The average Bonchev–Trinajstić information content (AvgIpc) is 3.54. The van der Waals surface area contributed by atoms with Crippen molar-refractivity contribution in [2.45, 2.75) is 64.7 Å². The molecule has 7 nitrogen and oxygen atoms in total. The quantitative estimate of drug-likeness (QED) is 0.489. The van der Waals surface area contributed by atoms with Crippen molar-refractivity contribution in [3.05, 3.63) is 47.4 Å². The second kappa shape index (κ2) is 8.37. The largest absolute Gasteiger partial charge is 0.366 e. The van der Waals surface area contributed by atoms with E-state index in [1.165, 1.54) is 12.3 Å². The van der Waals surface area contributed by atoms with Crippen molar-refractivity contribution >= 4 is 32.7 Å². The smallest absolute Gasteiger partial charge is 0.251 e. The number of carbonyl (C=O) groups excluding carboxylic acids is 1. The second-order valence-electron chi connectivity index (χ2n) is 10.0. The van der Waals surface area contributed by atoms with Gasteiger partial charge in [-0.25, -0.2) is 17.8 Å². The molecule has 34 heavy (non-hydrogen) atoms. The zero-order chi connectivity index (χ0) is 25.0. The Hall–Kier alpha value is -2.94. The summed E-state index contributed by atoms with van der Waals surface area (Å²) in [6, 6.07) is 6.54. The number of nitrogens with one attached hydrogen (secondary N) is 1. The van der Waals surface area contributed by atoms with E-state index in [0.29, 0.717) is 34.5 Å². The molecular formula is C25H31FN4O3S. The molecular weight excluding hydrogens is 455 g/mol. The van der Waals surface area contributed by atoms with Gasteiger partial charge in [-0.3, -0.25) is 9.52 Å². The number of hydrogen-bond donors (Lipinski definition) is 2. The Morgan fingerprint density at radius 2 is 1.97 bits per heavy atom. The zero-order valence-electron chi connectivity index (χ0n) is 20.1. The molecule has 1 saturated carbocycles. The maximum atomic E-state index is 14.7. The highest BCUT2D eigenvalue weighted by atomic mass is 32.2. The topological polar surface area (TPSA) is 107 Å². The number of carbonyl (C=O) groups is 1. The van der Waals surface area contributed by atoms with Crippen LogP contribution < -0.4 is 10.5 Å². The second-order valence-corrected chi connectivity index (χ2v) is 12.4. The number of pyridine rings is 1. The van der Waals surface area contributed by atoms with Crippen LogP contribution in [0.5, 0.6) is 0 Å². The number of nitrogens with two attached hydrogens (primary N) is 1. The number of rotatable bonds is 7. The molecule has 0 unspecified atom stereocenters. The number of benzene rings is 1. The van der Waals surface area contributed by atoms with Crippen molar-refractivity contribution in [3.63, 3.8) is 0 Å². The molecule has 0 radical (unpaired) electrons. The van der Waals surface area contributed by atoms with E-state index in [2.05, 4.69) is 21.2 Å². The molecule has 9 heteroatoms. The van der Waals surface area contributed by atoms with Crippen LogP contribution in [-0.4, -0.2) is 28.6 Å². The number of aromatic nitrogens is 2. The summed E-state index contributed by atoms with van der Waals surface area (Å²) in [7, 11) is -3.64. The van der Waals surface area contributed by atoms with Gasteiger partial charge in [-0.2, -0.15) is 0 Å². The molecule has 1 aliphatic carbocycles. The number of fused-ring (bicyclic) bond motifs is 1.